The number of phenols is 1. The molecule has 2 rings (SSSR count). The minimum atomic E-state index is -1.28. The second kappa shape index (κ2) is 21.8. The minimum absolute atomic E-state index is 0.0135. The van der Waals surface area contributed by atoms with Crippen LogP contribution in [0.3, 0.4) is 0 Å². The van der Waals surface area contributed by atoms with E-state index in [0.717, 1.165) is 0 Å². The van der Waals surface area contributed by atoms with Crippen molar-refractivity contribution in [2.24, 2.45) is 17.4 Å². The quantitative estimate of drug-likeness (QED) is 0.0515. The van der Waals surface area contributed by atoms with Gasteiger partial charge >= 0.3 is 5.97 Å². The summed E-state index contributed by atoms with van der Waals surface area (Å²) in [4.78, 5) is 85.7. The Kier molecular flexibility index (Phi) is 18.0. The molecule has 12 N–H and O–H groups in total. The Hall–Kier alpha value is -5.29. The molecule has 17 heteroatoms. The van der Waals surface area contributed by atoms with Crippen LogP contribution in [0.15, 0.2) is 49.4 Å². The molecule has 0 bridgehead atoms. The number of carboxylic acids is 1. The molecular formula is C35H53N9O8. The lowest BCUT2D eigenvalue weighted by Crippen LogP contribution is -2.59. The number of carboxylic acid groups (broad SMARTS) is 1. The van der Waals surface area contributed by atoms with Gasteiger partial charge in [0.15, 0.2) is 0 Å². The molecule has 1 heterocycles. The van der Waals surface area contributed by atoms with Crippen LogP contribution in [-0.2, 0) is 41.6 Å². The molecule has 0 radical (unpaired) electrons. The molecule has 52 heavy (non-hydrogen) atoms. The number of aromatic nitrogens is 2. The van der Waals surface area contributed by atoms with Gasteiger partial charge in [0.2, 0.25) is 29.5 Å². The summed E-state index contributed by atoms with van der Waals surface area (Å²) >= 11 is 0. The van der Waals surface area contributed by atoms with E-state index in [4.69, 9.17) is 11.5 Å². The van der Waals surface area contributed by atoms with Crippen molar-refractivity contribution in [3.8, 4) is 5.75 Å². The molecule has 0 aliphatic rings. The molecule has 17 nitrogen and oxygen atoms in total. The molecule has 1 aromatic carbocycles. The number of carbonyl (C=O) groups excluding carboxylic acids is 5. The summed E-state index contributed by atoms with van der Waals surface area (Å²) in [5.41, 5.74) is 12.4. The highest BCUT2D eigenvalue weighted by Gasteiger charge is 2.33. The second-order valence-electron chi connectivity index (χ2n) is 13.0. The molecular weight excluding hydrogens is 674 g/mol. The molecule has 0 aliphatic heterocycles. The van der Waals surface area contributed by atoms with Crippen LogP contribution in [0.25, 0.3) is 0 Å². The summed E-state index contributed by atoms with van der Waals surface area (Å²) < 4.78 is 0. The number of imidazole rings is 1. The maximum absolute atomic E-state index is 13.8. The molecule has 1 aromatic heterocycles. The van der Waals surface area contributed by atoms with Gasteiger partial charge in [-0.3, -0.25) is 24.0 Å². The van der Waals surface area contributed by atoms with Crippen LogP contribution in [0.1, 0.15) is 64.1 Å². The van der Waals surface area contributed by atoms with E-state index in [1.54, 1.807) is 26.0 Å². The molecule has 0 saturated heterocycles. The first kappa shape index (κ1) is 42.9. The summed E-state index contributed by atoms with van der Waals surface area (Å²) in [5, 5.41) is 32.5. The standard InChI is InChI=1S/C35H53N9O8/c1-5-8-25(31(47)42-27(16-22-10-12-24(45)13-11-22)33(49)44-29(35(51)52)15-20(2)3)41-34(50)28(17-23-18-38-19-39-23)43-32(48)26(9-6-7-14-36)40-30(46)21(4)37/h5,10-13,18-21,25-29,45H,1,6-9,14-17,36-37H2,2-4H3,(H,38,39)(H,40,46)(H,41,50)(H,42,47)(H,43,48)(H,44,49)(H,51,52)/t21-,25-,26-,27-,28-,29-/m0/s1. The number of unbranched alkanes of at least 4 members (excludes halogenated alkanes) is 1. The number of hydrogen-bond donors (Lipinski definition) is 10. The first-order valence-electron chi connectivity index (χ1n) is 17.2. The van der Waals surface area contributed by atoms with Crippen LogP contribution in [0, 0.1) is 5.92 Å². The Morgan fingerprint density at radius 3 is 1.87 bits per heavy atom. The third-order valence-electron chi connectivity index (χ3n) is 7.97. The number of rotatable bonds is 23. The number of carbonyl (C=O) groups is 6. The van der Waals surface area contributed by atoms with Gasteiger partial charge in [-0.25, -0.2) is 9.78 Å². The number of aliphatic carboxylic acids is 1. The number of hydrogen-bond acceptors (Lipinski definition) is 10. The number of phenolic OH excluding ortho intramolecular Hbond substituents is 1. The third-order valence-corrected chi connectivity index (χ3v) is 7.97. The van der Waals surface area contributed by atoms with Gasteiger partial charge in [0, 0.05) is 24.7 Å². The molecule has 0 unspecified atom stereocenters. The lowest BCUT2D eigenvalue weighted by molar-refractivity contribution is -0.142. The Morgan fingerprint density at radius 1 is 0.808 bits per heavy atom. The molecule has 286 valence electrons. The van der Waals surface area contributed by atoms with Crippen molar-refractivity contribution < 1.29 is 39.0 Å². The Morgan fingerprint density at radius 2 is 1.35 bits per heavy atom. The summed E-state index contributed by atoms with van der Waals surface area (Å²) in [7, 11) is 0. The van der Waals surface area contributed by atoms with Crippen molar-refractivity contribution in [1.82, 2.24) is 36.6 Å². The minimum Gasteiger partial charge on any atom is -0.508 e. The van der Waals surface area contributed by atoms with Crippen molar-refractivity contribution >= 4 is 35.5 Å². The van der Waals surface area contributed by atoms with Gasteiger partial charge in [-0.1, -0.05) is 32.1 Å². The first-order chi connectivity index (χ1) is 24.6. The summed E-state index contributed by atoms with van der Waals surface area (Å²) in [6.07, 6.45) is 5.52. The van der Waals surface area contributed by atoms with Gasteiger partial charge in [-0.05, 0) is 69.2 Å². The Labute approximate surface area is 303 Å². The molecule has 2 aromatic rings. The van der Waals surface area contributed by atoms with E-state index in [9.17, 15) is 39.0 Å². The number of amides is 5. The summed E-state index contributed by atoms with van der Waals surface area (Å²) in [5.74, 6) is -4.83. The van der Waals surface area contributed by atoms with Crippen LogP contribution >= 0.6 is 0 Å². The van der Waals surface area contributed by atoms with Crippen LogP contribution < -0.4 is 38.1 Å². The fourth-order valence-electron chi connectivity index (χ4n) is 5.15. The van der Waals surface area contributed by atoms with E-state index >= 15 is 0 Å². The Balaban J connectivity index is 2.34. The highest BCUT2D eigenvalue weighted by Crippen LogP contribution is 2.13. The smallest absolute Gasteiger partial charge is 0.326 e. The monoisotopic (exact) mass is 727 g/mol. The first-order valence-corrected chi connectivity index (χ1v) is 17.2. The molecule has 5 amide bonds. The van der Waals surface area contributed by atoms with Gasteiger partial charge in [-0.2, -0.15) is 0 Å². The maximum atomic E-state index is 13.8. The van der Waals surface area contributed by atoms with Gasteiger partial charge < -0.3 is 53.2 Å². The number of nitrogens with zero attached hydrogens (tertiary/aromatic N) is 1. The van der Waals surface area contributed by atoms with E-state index < -0.39 is 71.8 Å². The zero-order valence-corrected chi connectivity index (χ0v) is 29.9. The predicted molar refractivity (Wildman–Crippen MR) is 192 cm³/mol. The lowest BCUT2D eigenvalue weighted by Gasteiger charge is -2.27. The predicted octanol–water partition coefficient (Wildman–Crippen LogP) is -0.492. The Bertz CT molecular complexity index is 1480. The number of H-pyrrole nitrogens is 1. The van der Waals surface area contributed by atoms with Gasteiger partial charge in [0.1, 0.15) is 36.0 Å². The fraction of sp³-hybridized carbons (Fsp3) is 0.514. The van der Waals surface area contributed by atoms with Crippen molar-refractivity contribution in [2.45, 2.75) is 102 Å². The molecule has 0 aliphatic carbocycles. The topological polar surface area (TPSA) is 284 Å². The van der Waals surface area contributed by atoms with E-state index in [1.165, 1.54) is 37.7 Å². The van der Waals surface area contributed by atoms with Crippen molar-refractivity contribution in [2.75, 3.05) is 6.54 Å². The number of aromatic amines is 1. The van der Waals surface area contributed by atoms with Crippen LogP contribution in [0.2, 0.25) is 0 Å². The third kappa shape index (κ3) is 14.9. The zero-order chi connectivity index (χ0) is 38.8. The summed E-state index contributed by atoms with van der Waals surface area (Å²) in [6.45, 7) is 9.14. The largest absolute Gasteiger partial charge is 0.508 e. The average Bonchev–Trinajstić information content (AvgIpc) is 3.60. The van der Waals surface area contributed by atoms with E-state index in [2.05, 4.69) is 43.1 Å². The lowest BCUT2D eigenvalue weighted by atomic mass is 10.0. The maximum Gasteiger partial charge on any atom is 0.326 e. The van der Waals surface area contributed by atoms with Crippen LogP contribution in [0.5, 0.6) is 5.75 Å². The van der Waals surface area contributed by atoms with Crippen molar-refractivity contribution in [1.29, 1.82) is 0 Å². The van der Waals surface area contributed by atoms with Crippen molar-refractivity contribution in [3.63, 3.8) is 0 Å². The fourth-order valence-corrected chi connectivity index (χ4v) is 5.15. The number of nitrogens with one attached hydrogen (secondary N) is 6. The summed E-state index contributed by atoms with van der Waals surface area (Å²) in [6, 6.07) is -1.03. The van der Waals surface area contributed by atoms with Gasteiger partial charge in [0.25, 0.3) is 0 Å². The molecule has 0 fully saturated rings. The molecule has 6 atom stereocenters. The van der Waals surface area contributed by atoms with Gasteiger partial charge in [-0.15, -0.1) is 6.58 Å². The SMILES string of the molecule is C=CC[C@H](NC(=O)[C@H](Cc1cnc[nH]1)NC(=O)[C@H](CCCCN)NC(=O)[C@H](C)N)C(=O)N[C@@H](Cc1ccc(O)cc1)C(=O)N[C@@H](CC(C)C)C(=O)O. The highest BCUT2D eigenvalue weighted by atomic mass is 16.4. The second-order valence-corrected chi connectivity index (χ2v) is 13.0. The highest BCUT2D eigenvalue weighted by molar-refractivity contribution is 5.96. The zero-order valence-electron chi connectivity index (χ0n) is 29.9. The normalized spacial score (nSPS) is 14.5. The van der Waals surface area contributed by atoms with E-state index in [0.29, 0.717) is 30.6 Å². The van der Waals surface area contributed by atoms with Crippen LogP contribution in [0.4, 0.5) is 0 Å². The van der Waals surface area contributed by atoms with E-state index in [1.807, 2.05) is 0 Å². The number of nitrogens with two attached hydrogens (primary N) is 2. The number of benzene rings is 1. The molecule has 0 saturated carbocycles. The number of aromatic hydroxyl groups is 1. The van der Waals surface area contributed by atoms with Crippen LogP contribution in [-0.4, -0.2) is 98.5 Å². The van der Waals surface area contributed by atoms with E-state index in [-0.39, 0.29) is 43.8 Å². The molecule has 0 spiro atoms. The van der Waals surface area contributed by atoms with Crippen molar-refractivity contribution in [3.05, 3.63) is 60.7 Å². The average molecular weight is 728 g/mol. The van der Waals surface area contributed by atoms with Gasteiger partial charge in [0.05, 0.1) is 12.4 Å².